The average Bonchev–Trinajstić information content (AvgIpc) is 2.32. The Hall–Kier alpha value is -0.460. The molecule has 0 unspecified atom stereocenters. The molecule has 0 saturated carbocycles. The maximum absolute atomic E-state index is 11.5. The minimum absolute atomic E-state index is 0.103. The highest BCUT2D eigenvalue weighted by Gasteiger charge is 2.18. The van der Waals surface area contributed by atoms with Gasteiger partial charge in [-0.3, -0.25) is 0 Å². The Morgan fingerprint density at radius 3 is 2.54 bits per heavy atom. The molecule has 0 atom stereocenters. The van der Waals surface area contributed by atoms with Crippen molar-refractivity contribution in [1.29, 1.82) is 0 Å². The van der Waals surface area contributed by atoms with Crippen molar-refractivity contribution in [3.05, 3.63) is 11.1 Å². The average molecular weight is 220 g/mol. The third-order valence-corrected chi connectivity index (χ3v) is 4.25. The summed E-state index contributed by atoms with van der Waals surface area (Å²) in [6.45, 7) is 5.32. The van der Waals surface area contributed by atoms with Gasteiger partial charge >= 0.3 is 0 Å². The van der Waals surface area contributed by atoms with Crippen LogP contribution in [-0.4, -0.2) is 19.4 Å². The van der Waals surface area contributed by atoms with Gasteiger partial charge in [-0.2, -0.15) is 0 Å². The second kappa shape index (κ2) is 3.73. The molecule has 0 aromatic carbocycles. The lowest BCUT2D eigenvalue weighted by atomic mass is 10.4. The highest BCUT2D eigenvalue weighted by atomic mass is 32.2. The summed E-state index contributed by atoms with van der Waals surface area (Å²) < 4.78 is 25.6. The molecule has 13 heavy (non-hydrogen) atoms. The number of aromatic nitrogens is 1. The molecule has 1 rings (SSSR count). The van der Waals surface area contributed by atoms with Gasteiger partial charge in [0.05, 0.1) is 0 Å². The zero-order valence-electron chi connectivity index (χ0n) is 7.73. The number of thiazole rings is 1. The first kappa shape index (κ1) is 10.6. The van der Waals surface area contributed by atoms with Gasteiger partial charge in [0.25, 0.3) is 10.0 Å². The van der Waals surface area contributed by atoms with Crippen LogP contribution in [0.4, 0.5) is 0 Å². The summed E-state index contributed by atoms with van der Waals surface area (Å²) >= 11 is 1.14. The molecule has 1 aromatic rings. The number of sulfonamides is 1. The lowest BCUT2D eigenvalue weighted by Crippen LogP contribution is -2.30. The van der Waals surface area contributed by atoms with Gasteiger partial charge in [-0.05, 0) is 20.8 Å². The van der Waals surface area contributed by atoms with Gasteiger partial charge in [0, 0.05) is 17.1 Å². The number of nitrogens with zero attached hydrogens (tertiary/aromatic N) is 1. The van der Waals surface area contributed by atoms with Crippen LogP contribution in [-0.2, 0) is 10.0 Å². The first-order valence-corrected chi connectivity index (χ1v) is 6.22. The van der Waals surface area contributed by atoms with E-state index < -0.39 is 10.0 Å². The molecule has 0 aliphatic rings. The third-order valence-electron chi connectivity index (χ3n) is 1.22. The Morgan fingerprint density at radius 2 is 2.15 bits per heavy atom. The Labute approximate surface area is 82.1 Å². The maximum atomic E-state index is 11.5. The van der Waals surface area contributed by atoms with Crippen LogP contribution >= 0.6 is 11.3 Å². The summed E-state index contributed by atoms with van der Waals surface area (Å²) in [7, 11) is -3.38. The summed E-state index contributed by atoms with van der Waals surface area (Å²) in [4.78, 5) is 3.90. The Balaban J connectivity index is 2.95. The Kier molecular flexibility index (Phi) is 3.05. The molecule has 0 radical (unpaired) electrons. The van der Waals surface area contributed by atoms with Crippen molar-refractivity contribution < 1.29 is 8.42 Å². The van der Waals surface area contributed by atoms with Crippen LogP contribution in [0.5, 0.6) is 0 Å². The van der Waals surface area contributed by atoms with E-state index >= 15 is 0 Å². The maximum Gasteiger partial charge on any atom is 0.268 e. The van der Waals surface area contributed by atoms with E-state index in [-0.39, 0.29) is 10.4 Å². The van der Waals surface area contributed by atoms with E-state index in [9.17, 15) is 8.42 Å². The topological polar surface area (TPSA) is 59.1 Å². The van der Waals surface area contributed by atoms with Crippen LogP contribution in [0.1, 0.15) is 19.5 Å². The molecule has 4 nitrogen and oxygen atoms in total. The molecular weight excluding hydrogens is 208 g/mol. The van der Waals surface area contributed by atoms with Crippen LogP contribution in [0.2, 0.25) is 0 Å². The van der Waals surface area contributed by atoms with Gasteiger partial charge in [0.2, 0.25) is 4.34 Å². The smallest absolute Gasteiger partial charge is 0.229 e. The SMILES string of the molecule is Cc1csc(S(=O)(=O)NC(C)C)n1. The lowest BCUT2D eigenvalue weighted by Gasteiger charge is -2.05. The van der Waals surface area contributed by atoms with Crippen molar-refractivity contribution in [3.8, 4) is 0 Å². The van der Waals surface area contributed by atoms with Gasteiger partial charge < -0.3 is 0 Å². The fourth-order valence-electron chi connectivity index (χ4n) is 0.817. The van der Waals surface area contributed by atoms with Crippen molar-refractivity contribution in [1.82, 2.24) is 9.71 Å². The highest BCUT2D eigenvalue weighted by molar-refractivity contribution is 7.91. The lowest BCUT2D eigenvalue weighted by molar-refractivity contribution is 0.569. The number of hydrogen-bond acceptors (Lipinski definition) is 4. The van der Waals surface area contributed by atoms with Crippen molar-refractivity contribution in [2.45, 2.75) is 31.2 Å². The number of hydrogen-bond donors (Lipinski definition) is 1. The summed E-state index contributed by atoms with van der Waals surface area (Å²) in [6.07, 6.45) is 0. The van der Waals surface area contributed by atoms with Crippen LogP contribution in [0.25, 0.3) is 0 Å². The van der Waals surface area contributed by atoms with Crippen LogP contribution in [0, 0.1) is 6.92 Å². The minimum atomic E-state index is -3.38. The van der Waals surface area contributed by atoms with Gasteiger partial charge in [-0.25, -0.2) is 18.1 Å². The fraction of sp³-hybridized carbons (Fsp3) is 0.571. The molecule has 1 heterocycles. The summed E-state index contributed by atoms with van der Waals surface area (Å²) in [6, 6.07) is -0.103. The molecule has 74 valence electrons. The first-order chi connectivity index (χ1) is 5.92. The summed E-state index contributed by atoms with van der Waals surface area (Å²) in [5, 5.41) is 1.72. The van der Waals surface area contributed by atoms with E-state index in [4.69, 9.17) is 0 Å². The molecule has 1 aromatic heterocycles. The predicted molar refractivity (Wildman–Crippen MR) is 52.3 cm³/mol. The molecule has 0 aliphatic heterocycles. The van der Waals surface area contributed by atoms with Crippen LogP contribution in [0.15, 0.2) is 9.72 Å². The molecule has 6 heteroatoms. The molecule has 0 aliphatic carbocycles. The second-order valence-electron chi connectivity index (χ2n) is 3.03. The number of rotatable bonds is 3. The van der Waals surface area contributed by atoms with E-state index in [0.717, 1.165) is 17.0 Å². The predicted octanol–water partition coefficient (Wildman–Crippen LogP) is 1.14. The monoisotopic (exact) mass is 220 g/mol. The largest absolute Gasteiger partial charge is 0.268 e. The normalized spacial score (nSPS) is 12.3. The number of aryl methyl sites for hydroxylation is 1. The number of nitrogens with one attached hydrogen (secondary N) is 1. The van der Waals surface area contributed by atoms with Crippen molar-refractivity contribution in [2.24, 2.45) is 0 Å². The van der Waals surface area contributed by atoms with Gasteiger partial charge in [0.15, 0.2) is 0 Å². The third kappa shape index (κ3) is 2.75. The van der Waals surface area contributed by atoms with Crippen molar-refractivity contribution >= 4 is 21.4 Å². The molecule has 0 amide bonds. The summed E-state index contributed by atoms with van der Waals surface area (Å²) in [5.41, 5.74) is 0.731. The summed E-state index contributed by atoms with van der Waals surface area (Å²) in [5.74, 6) is 0. The zero-order valence-corrected chi connectivity index (χ0v) is 9.37. The fourth-order valence-corrected chi connectivity index (χ4v) is 3.12. The molecule has 0 bridgehead atoms. The van der Waals surface area contributed by atoms with Crippen molar-refractivity contribution in [2.75, 3.05) is 0 Å². The van der Waals surface area contributed by atoms with E-state index in [1.807, 2.05) is 0 Å². The van der Waals surface area contributed by atoms with E-state index in [2.05, 4.69) is 9.71 Å². The quantitative estimate of drug-likeness (QED) is 0.831. The molecule has 1 N–H and O–H groups in total. The Bertz CT molecular complexity index is 381. The van der Waals surface area contributed by atoms with Crippen LogP contribution in [0.3, 0.4) is 0 Å². The highest BCUT2D eigenvalue weighted by Crippen LogP contribution is 2.14. The molecule has 0 spiro atoms. The zero-order chi connectivity index (χ0) is 10.1. The Morgan fingerprint density at radius 1 is 1.54 bits per heavy atom. The van der Waals surface area contributed by atoms with Gasteiger partial charge in [-0.1, -0.05) is 0 Å². The van der Waals surface area contributed by atoms with Crippen molar-refractivity contribution in [3.63, 3.8) is 0 Å². The first-order valence-electron chi connectivity index (χ1n) is 3.86. The molecule has 0 fully saturated rings. The van der Waals surface area contributed by atoms with E-state index in [1.54, 1.807) is 26.2 Å². The van der Waals surface area contributed by atoms with E-state index in [0.29, 0.717) is 0 Å². The van der Waals surface area contributed by atoms with Gasteiger partial charge in [-0.15, -0.1) is 11.3 Å². The standard InChI is InChI=1S/C7H12N2O2S2/c1-5(2)9-13(10,11)7-8-6(3)4-12-7/h4-5,9H,1-3H3. The van der Waals surface area contributed by atoms with Gasteiger partial charge in [0.1, 0.15) is 0 Å². The minimum Gasteiger partial charge on any atom is -0.229 e. The molecule has 0 saturated heterocycles. The molecular formula is C7H12N2O2S2. The second-order valence-corrected chi connectivity index (χ2v) is 5.78. The van der Waals surface area contributed by atoms with E-state index in [1.165, 1.54) is 0 Å². The van der Waals surface area contributed by atoms with Crippen LogP contribution < -0.4 is 4.72 Å².